The first-order chi connectivity index (χ1) is 8.74. The van der Waals surface area contributed by atoms with E-state index in [-0.39, 0.29) is 11.9 Å². The Hall–Kier alpha value is -1.31. The van der Waals surface area contributed by atoms with E-state index in [1.54, 1.807) is 6.07 Å². The van der Waals surface area contributed by atoms with E-state index in [2.05, 4.69) is 12.2 Å². The Kier molecular flexibility index (Phi) is 3.11. The third-order valence-corrected chi connectivity index (χ3v) is 3.65. The van der Waals surface area contributed by atoms with Gasteiger partial charge in [0, 0.05) is 0 Å². The predicted molar refractivity (Wildman–Crippen MR) is 70.4 cm³/mol. The molecule has 0 aromatic heterocycles. The summed E-state index contributed by atoms with van der Waals surface area (Å²) in [4.78, 5) is 0. The van der Waals surface area contributed by atoms with E-state index < -0.39 is 0 Å². The van der Waals surface area contributed by atoms with Gasteiger partial charge < -0.3 is 4.74 Å². The van der Waals surface area contributed by atoms with Crippen molar-refractivity contribution in [1.82, 2.24) is 0 Å². The average Bonchev–Trinajstić information content (AvgIpc) is 3.22. The number of benzene rings is 1. The maximum atomic E-state index is 14.1. The summed E-state index contributed by atoms with van der Waals surface area (Å²) in [6.45, 7) is 1.84. The second-order valence-corrected chi connectivity index (χ2v) is 5.45. The van der Waals surface area contributed by atoms with Gasteiger partial charge in [0.1, 0.15) is 0 Å². The summed E-state index contributed by atoms with van der Waals surface area (Å²) >= 11 is 0. The highest BCUT2D eigenvalue weighted by molar-refractivity contribution is 5.38. The molecule has 0 heterocycles. The number of halogens is 1. The fourth-order valence-corrected chi connectivity index (χ4v) is 2.05. The molecule has 18 heavy (non-hydrogen) atoms. The Morgan fingerprint density at radius 2 is 2.06 bits per heavy atom. The van der Waals surface area contributed by atoms with Crippen LogP contribution in [0.25, 0.3) is 0 Å². The summed E-state index contributed by atoms with van der Waals surface area (Å²) in [5.41, 5.74) is 1.79. The van der Waals surface area contributed by atoms with E-state index in [4.69, 9.17) is 4.74 Å². The maximum Gasteiger partial charge on any atom is 0.168 e. The molecule has 96 valence electrons. The van der Waals surface area contributed by atoms with Crippen LogP contribution in [0.15, 0.2) is 24.3 Å². The highest BCUT2D eigenvalue weighted by Gasteiger charge is 2.25. The third kappa shape index (κ3) is 2.74. The molecule has 1 aromatic rings. The summed E-state index contributed by atoms with van der Waals surface area (Å²) in [6.07, 6.45) is 10.3. The fourth-order valence-electron chi connectivity index (χ4n) is 2.05. The van der Waals surface area contributed by atoms with Crippen molar-refractivity contribution < 1.29 is 9.13 Å². The lowest BCUT2D eigenvalue weighted by Crippen LogP contribution is -2.01. The molecule has 0 atom stereocenters. The normalized spacial score (nSPS) is 19.4. The SMILES string of the molecule is Cc1c(C/C=C/C2CC2)ccc(OC2CC2)c1F. The molecule has 1 nitrogen and oxygen atoms in total. The van der Waals surface area contributed by atoms with Crippen molar-refractivity contribution in [3.05, 3.63) is 41.2 Å². The Labute approximate surface area is 108 Å². The second-order valence-electron chi connectivity index (χ2n) is 5.45. The molecule has 0 N–H and O–H groups in total. The first-order valence-electron chi connectivity index (χ1n) is 6.85. The van der Waals surface area contributed by atoms with Gasteiger partial charge in [-0.1, -0.05) is 18.2 Å². The lowest BCUT2D eigenvalue weighted by molar-refractivity contribution is 0.287. The molecule has 0 bridgehead atoms. The van der Waals surface area contributed by atoms with Crippen molar-refractivity contribution in [1.29, 1.82) is 0 Å². The Balaban J connectivity index is 1.71. The van der Waals surface area contributed by atoms with Gasteiger partial charge in [0.2, 0.25) is 0 Å². The number of rotatable bonds is 5. The quantitative estimate of drug-likeness (QED) is 0.708. The molecule has 0 radical (unpaired) electrons. The van der Waals surface area contributed by atoms with Gasteiger partial charge in [-0.3, -0.25) is 0 Å². The zero-order chi connectivity index (χ0) is 12.5. The van der Waals surface area contributed by atoms with Crippen LogP contribution in [0.1, 0.15) is 36.8 Å². The smallest absolute Gasteiger partial charge is 0.168 e. The molecule has 2 fully saturated rings. The predicted octanol–water partition coefficient (Wildman–Crippen LogP) is 4.18. The maximum absolute atomic E-state index is 14.1. The molecule has 0 aliphatic heterocycles. The molecule has 2 saturated carbocycles. The minimum Gasteiger partial charge on any atom is -0.487 e. The van der Waals surface area contributed by atoms with Crippen molar-refractivity contribution in [3.8, 4) is 5.75 Å². The summed E-state index contributed by atoms with van der Waals surface area (Å²) in [5.74, 6) is 1.02. The van der Waals surface area contributed by atoms with Crippen LogP contribution in [-0.4, -0.2) is 6.10 Å². The molecule has 0 unspecified atom stereocenters. The minimum atomic E-state index is -0.181. The van der Waals surface area contributed by atoms with Gasteiger partial charge in [0.05, 0.1) is 6.10 Å². The monoisotopic (exact) mass is 246 g/mol. The minimum absolute atomic E-state index is 0.181. The Morgan fingerprint density at radius 1 is 1.28 bits per heavy atom. The van der Waals surface area contributed by atoms with E-state index in [1.165, 1.54) is 12.8 Å². The van der Waals surface area contributed by atoms with E-state index >= 15 is 0 Å². The summed E-state index contributed by atoms with van der Waals surface area (Å²) < 4.78 is 19.7. The van der Waals surface area contributed by atoms with Crippen molar-refractivity contribution in [2.24, 2.45) is 5.92 Å². The van der Waals surface area contributed by atoms with Crippen LogP contribution in [0.5, 0.6) is 5.75 Å². The van der Waals surface area contributed by atoms with Gasteiger partial charge in [0.25, 0.3) is 0 Å². The molecule has 2 aliphatic carbocycles. The van der Waals surface area contributed by atoms with Crippen LogP contribution in [0, 0.1) is 18.7 Å². The third-order valence-electron chi connectivity index (χ3n) is 3.65. The van der Waals surface area contributed by atoms with Crippen LogP contribution >= 0.6 is 0 Å². The first-order valence-corrected chi connectivity index (χ1v) is 6.85. The fraction of sp³-hybridized carbons (Fsp3) is 0.500. The zero-order valence-corrected chi connectivity index (χ0v) is 10.8. The van der Waals surface area contributed by atoms with Crippen molar-refractivity contribution in [2.75, 3.05) is 0 Å². The summed E-state index contributed by atoms with van der Waals surface area (Å²) in [7, 11) is 0. The number of hydrogen-bond donors (Lipinski definition) is 0. The molecule has 0 amide bonds. The van der Waals surface area contributed by atoms with Crippen LogP contribution in [0.2, 0.25) is 0 Å². The van der Waals surface area contributed by atoms with E-state index in [0.717, 1.165) is 36.3 Å². The van der Waals surface area contributed by atoms with Crippen LogP contribution < -0.4 is 4.74 Å². The summed E-state index contributed by atoms with van der Waals surface area (Å²) in [6, 6.07) is 3.77. The van der Waals surface area contributed by atoms with Crippen LogP contribution in [0.4, 0.5) is 4.39 Å². The van der Waals surface area contributed by atoms with Crippen molar-refractivity contribution in [2.45, 2.75) is 45.1 Å². The van der Waals surface area contributed by atoms with Gasteiger partial charge >= 0.3 is 0 Å². The topological polar surface area (TPSA) is 9.23 Å². The first kappa shape index (κ1) is 11.8. The van der Waals surface area contributed by atoms with Gasteiger partial charge in [-0.25, -0.2) is 4.39 Å². The molecule has 3 rings (SSSR count). The van der Waals surface area contributed by atoms with Crippen LogP contribution in [-0.2, 0) is 6.42 Å². The molecule has 2 aliphatic rings. The largest absolute Gasteiger partial charge is 0.487 e. The van der Waals surface area contributed by atoms with Crippen molar-refractivity contribution in [3.63, 3.8) is 0 Å². The van der Waals surface area contributed by atoms with E-state index in [0.29, 0.717) is 5.75 Å². The second kappa shape index (κ2) is 4.75. The standard InChI is InChI=1S/C16H19FO/c1-11-13(4-2-3-12-5-6-12)7-10-15(16(11)17)18-14-8-9-14/h2-3,7,10,12,14H,4-6,8-9H2,1H3/b3-2+. The van der Waals surface area contributed by atoms with Crippen LogP contribution in [0.3, 0.4) is 0 Å². The Morgan fingerprint density at radius 3 is 2.72 bits per heavy atom. The number of hydrogen-bond acceptors (Lipinski definition) is 1. The van der Waals surface area contributed by atoms with Gasteiger partial charge in [-0.05, 0) is 62.1 Å². The molecule has 0 saturated heterocycles. The average molecular weight is 246 g/mol. The van der Waals surface area contributed by atoms with Gasteiger partial charge in [-0.15, -0.1) is 0 Å². The molecule has 2 heteroatoms. The van der Waals surface area contributed by atoms with Gasteiger partial charge in [-0.2, -0.15) is 0 Å². The molecule has 1 aromatic carbocycles. The van der Waals surface area contributed by atoms with Gasteiger partial charge in [0.15, 0.2) is 11.6 Å². The summed E-state index contributed by atoms with van der Waals surface area (Å²) in [5, 5.41) is 0. The lowest BCUT2D eigenvalue weighted by Gasteiger charge is -2.10. The molecular formula is C16H19FO. The zero-order valence-electron chi connectivity index (χ0n) is 10.8. The van der Waals surface area contributed by atoms with E-state index in [1.807, 2.05) is 13.0 Å². The number of allylic oxidation sites excluding steroid dienone is 2. The lowest BCUT2D eigenvalue weighted by atomic mass is 10.0. The Bertz CT molecular complexity index is 470. The highest BCUT2D eigenvalue weighted by atomic mass is 19.1. The van der Waals surface area contributed by atoms with E-state index in [9.17, 15) is 4.39 Å². The highest BCUT2D eigenvalue weighted by Crippen LogP contribution is 2.32. The molecule has 0 spiro atoms. The number of ether oxygens (including phenoxy) is 1. The van der Waals surface area contributed by atoms with Crippen molar-refractivity contribution >= 4 is 0 Å². The molecular weight excluding hydrogens is 227 g/mol.